The quantitative estimate of drug-likeness (QED) is 0.115. The highest BCUT2D eigenvalue weighted by molar-refractivity contribution is 7.97. The summed E-state index contributed by atoms with van der Waals surface area (Å²) >= 11 is 8.30. The van der Waals surface area contributed by atoms with Crippen molar-refractivity contribution in [1.29, 1.82) is 0 Å². The number of fused-ring (bicyclic) bond motifs is 1. The van der Waals surface area contributed by atoms with E-state index in [-0.39, 0.29) is 0 Å². The standard InChI is InChI=1S/C31H36ClN7O2S/c1-3-4-24(9-10-33-20-40)42-39-18-31(19-39)16-38(17-31)29-8-5-22(13-35-29)30-25-11-23(6-7-28(25)36-37-30)41-15-26-21(2)12-34-14-27(26)32/h5-8,11-14,20,24H,3-4,9-10,15-19H2,1-2H3,(H,33,40)(H,36,37). The Morgan fingerprint density at radius 3 is 2.76 bits per heavy atom. The van der Waals surface area contributed by atoms with Crippen LogP contribution in [0, 0.1) is 12.3 Å². The molecule has 2 aliphatic heterocycles. The summed E-state index contributed by atoms with van der Waals surface area (Å²) in [5.74, 6) is 1.76. The van der Waals surface area contributed by atoms with Crippen molar-refractivity contribution in [2.24, 2.45) is 5.41 Å². The Labute approximate surface area is 255 Å². The fourth-order valence-corrected chi connectivity index (χ4v) is 7.84. The molecule has 2 N–H and O–H groups in total. The first-order chi connectivity index (χ1) is 20.5. The summed E-state index contributed by atoms with van der Waals surface area (Å²) in [7, 11) is 0. The van der Waals surface area contributed by atoms with E-state index >= 15 is 0 Å². The number of pyridine rings is 2. The number of ether oxygens (including phenoxy) is 1. The van der Waals surface area contributed by atoms with Crippen LogP contribution in [0.15, 0.2) is 48.9 Å². The molecule has 220 valence electrons. The lowest BCUT2D eigenvalue weighted by Crippen LogP contribution is -2.71. The number of aryl methyl sites for hydroxylation is 1. The smallest absolute Gasteiger partial charge is 0.207 e. The molecule has 2 saturated heterocycles. The number of benzene rings is 1. The van der Waals surface area contributed by atoms with Gasteiger partial charge in [0.25, 0.3) is 0 Å². The molecule has 11 heteroatoms. The molecule has 0 bridgehead atoms. The van der Waals surface area contributed by atoms with Crippen LogP contribution in [0.2, 0.25) is 5.02 Å². The van der Waals surface area contributed by atoms with Crippen molar-refractivity contribution in [2.75, 3.05) is 37.6 Å². The van der Waals surface area contributed by atoms with Gasteiger partial charge in [-0.25, -0.2) is 9.29 Å². The highest BCUT2D eigenvalue weighted by Crippen LogP contribution is 2.45. The predicted octanol–water partition coefficient (Wildman–Crippen LogP) is 5.64. The minimum absolute atomic E-state index is 0.369. The molecule has 1 amide bonds. The van der Waals surface area contributed by atoms with Crippen LogP contribution in [0.3, 0.4) is 0 Å². The largest absolute Gasteiger partial charge is 0.489 e. The predicted molar refractivity (Wildman–Crippen MR) is 169 cm³/mol. The Morgan fingerprint density at radius 2 is 2.02 bits per heavy atom. The Morgan fingerprint density at radius 1 is 1.17 bits per heavy atom. The number of H-pyrrole nitrogens is 1. The van der Waals surface area contributed by atoms with E-state index in [1.807, 2.05) is 43.3 Å². The van der Waals surface area contributed by atoms with Gasteiger partial charge in [-0.15, -0.1) is 0 Å². The third-order valence-corrected chi connectivity index (χ3v) is 9.81. The normalized spacial score (nSPS) is 16.7. The topological polar surface area (TPSA) is 99.3 Å². The van der Waals surface area contributed by atoms with Crippen molar-refractivity contribution in [3.8, 4) is 17.0 Å². The maximum absolute atomic E-state index is 10.6. The summed E-state index contributed by atoms with van der Waals surface area (Å²) in [4.78, 5) is 21.9. The number of hydrogen-bond acceptors (Lipinski definition) is 8. The number of nitrogens with zero attached hydrogens (tertiary/aromatic N) is 5. The third-order valence-electron chi connectivity index (χ3n) is 8.16. The number of rotatable bonds is 13. The van der Waals surface area contributed by atoms with E-state index < -0.39 is 0 Å². The molecule has 0 aliphatic carbocycles. The summed E-state index contributed by atoms with van der Waals surface area (Å²) in [5.41, 5.74) is 5.06. The average Bonchev–Trinajstić information content (AvgIpc) is 3.37. The first kappa shape index (κ1) is 28.8. The molecule has 4 aromatic rings. The second-order valence-corrected chi connectivity index (χ2v) is 13.2. The highest BCUT2D eigenvalue weighted by atomic mass is 35.5. The SMILES string of the molecule is CCCC(CCNC=O)SN1CC2(C1)CN(c1ccc(-c3n[nH]c4ccc(OCc5c(C)cncc5Cl)cc34)cn1)C2. The summed E-state index contributed by atoms with van der Waals surface area (Å²) in [6.07, 6.45) is 9.50. The van der Waals surface area contributed by atoms with E-state index in [9.17, 15) is 4.79 Å². The second-order valence-electron chi connectivity index (χ2n) is 11.4. The zero-order valence-corrected chi connectivity index (χ0v) is 25.5. The lowest BCUT2D eigenvalue weighted by Gasteiger charge is -2.60. The molecule has 2 aliphatic rings. The maximum atomic E-state index is 10.6. The molecular formula is C31H36ClN7O2S. The Balaban J connectivity index is 1.05. The van der Waals surface area contributed by atoms with E-state index in [4.69, 9.17) is 21.3 Å². The van der Waals surface area contributed by atoms with E-state index in [1.54, 1.807) is 12.4 Å². The molecule has 1 aromatic carbocycles. The number of aromatic amines is 1. The van der Waals surface area contributed by atoms with Crippen molar-refractivity contribution in [2.45, 2.75) is 45.0 Å². The Bertz CT molecular complexity index is 1510. The van der Waals surface area contributed by atoms with Crippen LogP contribution in [0.5, 0.6) is 5.75 Å². The van der Waals surface area contributed by atoms with Crippen LogP contribution in [0.1, 0.15) is 37.3 Å². The van der Waals surface area contributed by atoms with Gasteiger partial charge in [-0.3, -0.25) is 14.9 Å². The molecule has 2 fully saturated rings. The zero-order valence-electron chi connectivity index (χ0n) is 24.0. The first-order valence-corrected chi connectivity index (χ1v) is 15.7. The van der Waals surface area contributed by atoms with E-state index in [1.165, 1.54) is 6.42 Å². The van der Waals surface area contributed by atoms with Crippen molar-refractivity contribution in [3.63, 3.8) is 0 Å². The molecule has 1 spiro atoms. The molecule has 9 nitrogen and oxygen atoms in total. The van der Waals surface area contributed by atoms with Crippen LogP contribution >= 0.6 is 23.5 Å². The van der Waals surface area contributed by atoms with Crippen molar-refractivity contribution < 1.29 is 9.53 Å². The van der Waals surface area contributed by atoms with Gasteiger partial charge < -0.3 is 15.0 Å². The summed E-state index contributed by atoms with van der Waals surface area (Å²) in [6.45, 7) is 9.63. The molecule has 0 radical (unpaired) electrons. The van der Waals surface area contributed by atoms with Crippen LogP contribution in [0.4, 0.5) is 5.82 Å². The minimum Gasteiger partial charge on any atom is -0.489 e. The van der Waals surface area contributed by atoms with Gasteiger partial charge in [-0.1, -0.05) is 36.9 Å². The van der Waals surface area contributed by atoms with Gasteiger partial charge in [-0.05, 0) is 55.7 Å². The summed E-state index contributed by atoms with van der Waals surface area (Å²) < 4.78 is 8.60. The molecule has 3 aromatic heterocycles. The van der Waals surface area contributed by atoms with E-state index in [2.05, 4.69) is 48.8 Å². The van der Waals surface area contributed by atoms with Gasteiger partial charge in [0.05, 0.1) is 10.5 Å². The number of aromatic nitrogens is 4. The monoisotopic (exact) mass is 605 g/mol. The fourth-order valence-electron chi connectivity index (χ4n) is 5.90. The molecule has 1 atom stereocenters. The van der Waals surface area contributed by atoms with Gasteiger partial charge in [0, 0.05) is 78.5 Å². The number of nitrogens with one attached hydrogen (secondary N) is 2. The highest BCUT2D eigenvalue weighted by Gasteiger charge is 2.52. The molecule has 6 rings (SSSR count). The fraction of sp³-hybridized carbons (Fsp3) is 0.419. The van der Waals surface area contributed by atoms with Crippen molar-refractivity contribution in [3.05, 3.63) is 65.1 Å². The maximum Gasteiger partial charge on any atom is 0.207 e. The van der Waals surface area contributed by atoms with Gasteiger partial charge >= 0.3 is 0 Å². The first-order valence-electron chi connectivity index (χ1n) is 14.5. The lowest BCUT2D eigenvalue weighted by atomic mass is 9.74. The Hall–Kier alpha value is -3.34. The average molecular weight is 606 g/mol. The van der Waals surface area contributed by atoms with Gasteiger partial charge in [0.2, 0.25) is 6.41 Å². The lowest BCUT2D eigenvalue weighted by molar-refractivity contribution is -0.109. The van der Waals surface area contributed by atoms with Crippen LogP contribution in [-0.4, -0.2) is 68.9 Å². The number of amides is 1. The van der Waals surface area contributed by atoms with Gasteiger partial charge in [-0.2, -0.15) is 5.10 Å². The van der Waals surface area contributed by atoms with Crippen molar-refractivity contribution >= 4 is 46.7 Å². The van der Waals surface area contributed by atoms with Crippen LogP contribution in [-0.2, 0) is 11.4 Å². The van der Waals surface area contributed by atoms with Crippen LogP contribution in [0.25, 0.3) is 22.2 Å². The molecule has 42 heavy (non-hydrogen) atoms. The Kier molecular flexibility index (Phi) is 8.55. The van der Waals surface area contributed by atoms with E-state index in [0.717, 1.165) is 96.8 Å². The number of carbonyl (C=O) groups excluding carboxylic acids is 1. The number of hydrogen-bond donors (Lipinski definition) is 2. The summed E-state index contributed by atoms with van der Waals surface area (Å²) in [6, 6.07) is 10.1. The van der Waals surface area contributed by atoms with Gasteiger partial charge in [0.15, 0.2) is 0 Å². The zero-order chi connectivity index (χ0) is 29.1. The minimum atomic E-state index is 0.369. The molecule has 5 heterocycles. The number of anilines is 1. The molecule has 0 saturated carbocycles. The van der Waals surface area contributed by atoms with E-state index in [0.29, 0.717) is 22.3 Å². The summed E-state index contributed by atoms with van der Waals surface area (Å²) in [5, 5.41) is 12.7. The molecular weight excluding hydrogens is 570 g/mol. The molecule has 1 unspecified atom stereocenters. The number of halogens is 1. The third kappa shape index (κ3) is 6.07. The number of carbonyl (C=O) groups is 1. The van der Waals surface area contributed by atoms with Crippen molar-refractivity contribution in [1.82, 2.24) is 29.8 Å². The van der Waals surface area contributed by atoms with Crippen LogP contribution < -0.4 is 15.0 Å². The second kappa shape index (κ2) is 12.5. The van der Waals surface area contributed by atoms with Gasteiger partial charge in [0.1, 0.15) is 23.9 Å².